The number of ether oxygens (including phenoxy) is 1. The van der Waals surface area contributed by atoms with E-state index < -0.39 is 0 Å². The second-order valence-corrected chi connectivity index (χ2v) is 7.67. The molecule has 1 fully saturated rings. The number of methoxy groups -OCH3 is 1. The van der Waals surface area contributed by atoms with Gasteiger partial charge in [0, 0.05) is 18.9 Å². The van der Waals surface area contributed by atoms with Gasteiger partial charge in [-0.25, -0.2) is 5.06 Å². The Morgan fingerprint density at radius 2 is 1.91 bits per heavy atom. The van der Waals surface area contributed by atoms with Crippen molar-refractivity contribution in [1.82, 2.24) is 15.5 Å². The molecule has 0 bridgehead atoms. The number of hydrogen-bond acceptors (Lipinski definition) is 5. The van der Waals surface area contributed by atoms with Gasteiger partial charge in [0.2, 0.25) is 0 Å². The van der Waals surface area contributed by atoms with Gasteiger partial charge in [0.25, 0.3) is 5.91 Å². The van der Waals surface area contributed by atoms with Crippen molar-refractivity contribution in [3.05, 3.63) is 78.0 Å². The molecule has 0 aliphatic carbocycles. The van der Waals surface area contributed by atoms with Gasteiger partial charge in [-0.1, -0.05) is 42.5 Å². The number of H-pyrrole nitrogens is 1. The largest absolute Gasteiger partial charge is 0.494 e. The van der Waals surface area contributed by atoms with Gasteiger partial charge in [-0.3, -0.25) is 14.7 Å². The second-order valence-electron chi connectivity index (χ2n) is 7.67. The zero-order valence-electron chi connectivity index (χ0n) is 18.0. The highest BCUT2D eigenvalue weighted by atomic mass is 16.7. The molecule has 1 aliphatic rings. The van der Waals surface area contributed by atoms with E-state index in [1.165, 1.54) is 5.56 Å². The Morgan fingerprint density at radius 3 is 2.69 bits per heavy atom. The molecule has 0 unspecified atom stereocenters. The van der Waals surface area contributed by atoms with Crippen LogP contribution < -0.4 is 15.1 Å². The molecule has 1 aromatic heterocycles. The van der Waals surface area contributed by atoms with Crippen LogP contribution in [0.1, 0.15) is 28.5 Å². The molecule has 0 radical (unpaired) electrons. The van der Waals surface area contributed by atoms with Crippen molar-refractivity contribution in [3.63, 3.8) is 0 Å². The summed E-state index contributed by atoms with van der Waals surface area (Å²) in [6, 6.07) is 22.5. The quantitative estimate of drug-likeness (QED) is 0.490. The normalized spacial score (nSPS) is 15.8. The Labute approximate surface area is 185 Å². The molecule has 1 atom stereocenters. The summed E-state index contributed by atoms with van der Waals surface area (Å²) >= 11 is 0. The van der Waals surface area contributed by atoms with Crippen LogP contribution in [0.3, 0.4) is 0 Å². The molecule has 3 aromatic carbocycles. The molecule has 1 saturated heterocycles. The summed E-state index contributed by atoms with van der Waals surface area (Å²) in [5.41, 5.74) is 5.30. The van der Waals surface area contributed by atoms with Crippen molar-refractivity contribution in [3.8, 4) is 16.9 Å². The number of benzene rings is 3. The van der Waals surface area contributed by atoms with E-state index in [0.29, 0.717) is 12.3 Å². The van der Waals surface area contributed by atoms with Crippen LogP contribution in [0.5, 0.6) is 5.75 Å². The fourth-order valence-electron chi connectivity index (χ4n) is 4.22. The van der Waals surface area contributed by atoms with Crippen molar-refractivity contribution >= 4 is 22.5 Å². The van der Waals surface area contributed by atoms with Crippen LogP contribution in [-0.4, -0.2) is 36.9 Å². The van der Waals surface area contributed by atoms with Crippen LogP contribution in [0.25, 0.3) is 22.0 Å². The first kappa shape index (κ1) is 20.1. The number of carbonyl (C=O) groups excluding carboxylic acids is 1. The third-order valence-corrected chi connectivity index (χ3v) is 5.84. The molecule has 162 valence electrons. The van der Waals surface area contributed by atoms with Crippen molar-refractivity contribution in [2.75, 3.05) is 25.8 Å². The molecule has 2 N–H and O–H groups in total. The Hall–Kier alpha value is -3.84. The number of fused-ring (bicyclic) bond motifs is 1. The number of hydrogen-bond donors (Lipinski definition) is 2. The average molecular weight is 428 g/mol. The molecule has 7 heteroatoms. The summed E-state index contributed by atoms with van der Waals surface area (Å²) in [6.07, 6.45) is 0.903. The van der Waals surface area contributed by atoms with E-state index in [0.717, 1.165) is 39.9 Å². The van der Waals surface area contributed by atoms with Crippen molar-refractivity contribution < 1.29 is 14.4 Å². The molecule has 5 rings (SSSR count). The molecule has 0 saturated carbocycles. The Kier molecular flexibility index (Phi) is 5.25. The van der Waals surface area contributed by atoms with Gasteiger partial charge in [-0.05, 0) is 41.0 Å². The van der Waals surface area contributed by atoms with Gasteiger partial charge >= 0.3 is 0 Å². The Bertz CT molecular complexity index is 1270. The maximum absolute atomic E-state index is 12.0. The number of hydroxylamine groups is 1. The predicted molar refractivity (Wildman–Crippen MR) is 124 cm³/mol. The Morgan fingerprint density at radius 1 is 1.12 bits per heavy atom. The molecule has 0 spiro atoms. The topological polar surface area (TPSA) is 79.5 Å². The van der Waals surface area contributed by atoms with Crippen LogP contribution in [0.2, 0.25) is 0 Å². The van der Waals surface area contributed by atoms with Gasteiger partial charge < -0.3 is 10.1 Å². The lowest BCUT2D eigenvalue weighted by molar-refractivity contribution is 0.0959. The number of carbonyl (C=O) groups is 1. The van der Waals surface area contributed by atoms with E-state index >= 15 is 0 Å². The van der Waals surface area contributed by atoms with Crippen LogP contribution in [0.4, 0.5) is 5.69 Å². The van der Waals surface area contributed by atoms with E-state index in [2.05, 4.69) is 33.7 Å². The zero-order chi connectivity index (χ0) is 22.1. The summed E-state index contributed by atoms with van der Waals surface area (Å²) in [6.45, 7) is 0.648. The lowest BCUT2D eigenvalue weighted by Crippen LogP contribution is -2.21. The van der Waals surface area contributed by atoms with Crippen LogP contribution >= 0.6 is 0 Å². The van der Waals surface area contributed by atoms with Crippen LogP contribution in [-0.2, 0) is 4.84 Å². The SMILES string of the molecule is CNC(=O)c1n[nH]c2cc(-c3ccc(OC)c(N4OCC[C@H]4c4ccccc4)c3)ccc12. The fraction of sp³-hybridized carbons (Fsp3) is 0.200. The lowest BCUT2D eigenvalue weighted by atomic mass is 10.0. The summed E-state index contributed by atoms with van der Waals surface area (Å²) in [7, 11) is 3.27. The standard InChI is InChI=1S/C25H24N4O3/c1-26-25(30)24-19-10-8-17(14-20(19)27-28-24)18-9-11-23(31-2)22(15-18)29-21(12-13-32-29)16-6-4-3-5-7-16/h3-11,14-15,21H,12-13H2,1-2H3,(H,26,30)(H,27,28)/t21-/m0/s1. The number of rotatable bonds is 5. The molecule has 4 aromatic rings. The number of aromatic nitrogens is 2. The van der Waals surface area contributed by atoms with E-state index in [9.17, 15) is 4.79 Å². The highest BCUT2D eigenvalue weighted by molar-refractivity contribution is 6.05. The Balaban J connectivity index is 1.54. The van der Waals surface area contributed by atoms with Gasteiger partial charge in [0.05, 0.1) is 25.3 Å². The minimum absolute atomic E-state index is 0.116. The third kappa shape index (κ3) is 3.46. The maximum Gasteiger partial charge on any atom is 0.272 e. The van der Waals surface area contributed by atoms with Gasteiger partial charge in [-0.2, -0.15) is 5.10 Å². The monoisotopic (exact) mass is 428 g/mol. The van der Waals surface area contributed by atoms with Gasteiger partial charge in [-0.15, -0.1) is 0 Å². The number of anilines is 1. The molecule has 2 heterocycles. The van der Waals surface area contributed by atoms with E-state index in [1.54, 1.807) is 14.2 Å². The minimum atomic E-state index is -0.214. The van der Waals surface area contributed by atoms with Gasteiger partial charge in [0.15, 0.2) is 5.69 Å². The molecular weight excluding hydrogens is 404 g/mol. The van der Waals surface area contributed by atoms with Gasteiger partial charge in [0.1, 0.15) is 11.4 Å². The number of nitrogens with zero attached hydrogens (tertiary/aromatic N) is 2. The lowest BCUT2D eigenvalue weighted by Gasteiger charge is -2.27. The summed E-state index contributed by atoms with van der Waals surface area (Å²) in [5.74, 6) is 0.537. The van der Waals surface area contributed by atoms with Crippen molar-refractivity contribution in [2.45, 2.75) is 12.5 Å². The molecule has 7 nitrogen and oxygen atoms in total. The van der Waals surface area contributed by atoms with Crippen molar-refractivity contribution in [2.24, 2.45) is 0 Å². The fourth-order valence-corrected chi connectivity index (χ4v) is 4.22. The molecule has 1 amide bonds. The maximum atomic E-state index is 12.0. The summed E-state index contributed by atoms with van der Waals surface area (Å²) in [4.78, 5) is 18.1. The van der Waals surface area contributed by atoms with Crippen LogP contribution in [0, 0.1) is 0 Å². The van der Waals surface area contributed by atoms with Crippen molar-refractivity contribution in [1.29, 1.82) is 0 Å². The number of nitrogens with one attached hydrogen (secondary N) is 2. The zero-order valence-corrected chi connectivity index (χ0v) is 18.0. The summed E-state index contributed by atoms with van der Waals surface area (Å²) in [5, 5.41) is 12.5. The second kappa shape index (κ2) is 8.36. The van der Waals surface area contributed by atoms with E-state index in [4.69, 9.17) is 9.57 Å². The molecular formula is C25H24N4O3. The first-order valence-corrected chi connectivity index (χ1v) is 10.6. The first-order valence-electron chi connectivity index (χ1n) is 10.6. The first-order chi connectivity index (χ1) is 15.7. The number of aromatic amines is 1. The third-order valence-electron chi connectivity index (χ3n) is 5.84. The average Bonchev–Trinajstić information content (AvgIpc) is 3.50. The highest BCUT2D eigenvalue weighted by Gasteiger charge is 2.30. The number of amides is 1. The molecule has 32 heavy (non-hydrogen) atoms. The minimum Gasteiger partial charge on any atom is -0.494 e. The van der Waals surface area contributed by atoms with Crippen LogP contribution in [0.15, 0.2) is 66.7 Å². The summed E-state index contributed by atoms with van der Waals surface area (Å²) < 4.78 is 5.66. The highest BCUT2D eigenvalue weighted by Crippen LogP contribution is 2.41. The smallest absolute Gasteiger partial charge is 0.272 e. The molecule has 1 aliphatic heterocycles. The van der Waals surface area contributed by atoms with E-state index in [-0.39, 0.29) is 11.9 Å². The predicted octanol–water partition coefficient (Wildman–Crippen LogP) is 4.48. The van der Waals surface area contributed by atoms with E-state index in [1.807, 2.05) is 53.6 Å².